The van der Waals surface area contributed by atoms with E-state index >= 15 is 0 Å². The monoisotopic (exact) mass is 401 g/mol. The van der Waals surface area contributed by atoms with Crippen LogP contribution in [-0.4, -0.2) is 61.2 Å². The van der Waals surface area contributed by atoms with Crippen LogP contribution in [0.4, 0.5) is 0 Å². The van der Waals surface area contributed by atoms with Gasteiger partial charge in [-0.25, -0.2) is 8.91 Å². The Hall–Kier alpha value is -1.75. The van der Waals surface area contributed by atoms with E-state index in [1.165, 1.54) is 12.2 Å². The lowest BCUT2D eigenvalue weighted by atomic mass is 9.99. The number of rotatable bonds is 10. The van der Waals surface area contributed by atoms with Gasteiger partial charge in [0.15, 0.2) is 0 Å². The summed E-state index contributed by atoms with van der Waals surface area (Å²) in [5, 5.41) is 11.9. The number of likely N-dealkylation sites (tertiary alicyclic amines) is 1. The average Bonchev–Trinajstić information content (AvgIpc) is 3.12. The summed E-state index contributed by atoms with van der Waals surface area (Å²) in [6.45, 7) is 9.13. The predicted molar refractivity (Wildman–Crippen MR) is 98.4 cm³/mol. The number of carbonyl (C=O) groups is 2. The third kappa shape index (κ3) is 5.61. The van der Waals surface area contributed by atoms with Crippen LogP contribution < -0.4 is 10.0 Å². The summed E-state index contributed by atoms with van der Waals surface area (Å²) < 4.78 is 31.0. The van der Waals surface area contributed by atoms with E-state index < -0.39 is 45.7 Å². The number of hydrogen-bond donors (Lipinski definition) is 3. The van der Waals surface area contributed by atoms with Crippen LogP contribution in [0.25, 0.3) is 0 Å². The van der Waals surface area contributed by atoms with Crippen LogP contribution >= 0.6 is 0 Å². The summed E-state index contributed by atoms with van der Waals surface area (Å²) in [6.07, 6.45) is 5.24. The Balaban J connectivity index is 2.11. The van der Waals surface area contributed by atoms with Gasteiger partial charge in [-0.1, -0.05) is 12.2 Å². The van der Waals surface area contributed by atoms with E-state index in [0.717, 1.165) is 6.42 Å². The van der Waals surface area contributed by atoms with Crippen LogP contribution in [0.15, 0.2) is 25.3 Å². The van der Waals surface area contributed by atoms with E-state index in [1.54, 1.807) is 11.8 Å². The fraction of sp³-hybridized carbons (Fsp3) is 0.647. The maximum absolute atomic E-state index is 12.6. The van der Waals surface area contributed by atoms with Crippen molar-refractivity contribution >= 4 is 22.1 Å². The van der Waals surface area contributed by atoms with Gasteiger partial charge in [-0.3, -0.25) is 14.5 Å². The molecule has 2 fully saturated rings. The number of nitrogens with one attached hydrogen (secondary N) is 2. The maximum atomic E-state index is 12.6. The molecule has 0 bridgehead atoms. The fourth-order valence-electron chi connectivity index (χ4n) is 2.98. The van der Waals surface area contributed by atoms with Gasteiger partial charge in [0.25, 0.3) is 5.91 Å². The molecular weight excluding hydrogens is 374 g/mol. The number of nitrogens with zero attached hydrogens (tertiary/aromatic N) is 1. The number of amides is 2. The number of carbonyl (C=O) groups excluding carboxylic acids is 2. The molecule has 0 spiro atoms. The standard InChI is InChI=1S/C17H27N3O6S/c1-4-12(5-2)14(18-15(22)13-7-6-10-20(13)11-21)16(23)19-27(24,25)26-17(3)8-9-17/h4-5,12-14,21H,1-2,6-11H2,3H3,(H,18,22)(H,19,23). The molecule has 9 nitrogen and oxygen atoms in total. The van der Waals surface area contributed by atoms with Crippen molar-refractivity contribution in [2.75, 3.05) is 13.3 Å². The van der Waals surface area contributed by atoms with E-state index in [2.05, 4.69) is 18.5 Å². The van der Waals surface area contributed by atoms with E-state index in [4.69, 9.17) is 4.18 Å². The van der Waals surface area contributed by atoms with Gasteiger partial charge in [0, 0.05) is 12.5 Å². The maximum Gasteiger partial charge on any atom is 0.362 e. The van der Waals surface area contributed by atoms with Crippen LogP contribution in [0.3, 0.4) is 0 Å². The van der Waals surface area contributed by atoms with Crippen molar-refractivity contribution in [3.05, 3.63) is 25.3 Å². The number of hydrogen-bond acceptors (Lipinski definition) is 7. The smallest absolute Gasteiger partial charge is 0.362 e. The second-order valence-electron chi connectivity index (χ2n) is 7.10. The molecule has 3 N–H and O–H groups in total. The first-order valence-corrected chi connectivity index (χ1v) is 10.2. The number of aliphatic hydroxyl groups is 1. The van der Waals surface area contributed by atoms with Gasteiger partial charge >= 0.3 is 10.3 Å². The predicted octanol–water partition coefficient (Wildman–Crippen LogP) is -0.196. The third-order valence-electron chi connectivity index (χ3n) is 4.85. The van der Waals surface area contributed by atoms with Crippen LogP contribution in [0, 0.1) is 5.92 Å². The van der Waals surface area contributed by atoms with Crippen molar-refractivity contribution in [2.45, 2.75) is 50.3 Å². The zero-order chi connectivity index (χ0) is 20.2. The van der Waals surface area contributed by atoms with E-state index in [9.17, 15) is 23.1 Å². The zero-order valence-electron chi connectivity index (χ0n) is 15.4. The Morgan fingerprint density at radius 1 is 1.37 bits per heavy atom. The summed E-state index contributed by atoms with van der Waals surface area (Å²) in [5.41, 5.74) is -0.785. The highest BCUT2D eigenvalue weighted by molar-refractivity contribution is 7.85. The molecule has 0 aromatic heterocycles. The lowest BCUT2D eigenvalue weighted by Crippen LogP contribution is -2.55. The Bertz CT molecular complexity index is 695. The molecule has 1 saturated carbocycles. The van der Waals surface area contributed by atoms with Crippen LogP contribution in [0.5, 0.6) is 0 Å². The van der Waals surface area contributed by atoms with Crippen LogP contribution in [-0.2, 0) is 24.1 Å². The topological polar surface area (TPSA) is 125 Å². The molecule has 2 amide bonds. The Morgan fingerprint density at radius 3 is 2.52 bits per heavy atom. The molecule has 27 heavy (non-hydrogen) atoms. The number of aliphatic hydroxyl groups excluding tert-OH is 1. The molecule has 2 unspecified atom stereocenters. The van der Waals surface area contributed by atoms with Crippen molar-refractivity contribution in [2.24, 2.45) is 5.92 Å². The second kappa shape index (κ2) is 8.51. The summed E-state index contributed by atoms with van der Waals surface area (Å²) in [5.74, 6) is -2.10. The molecule has 0 aromatic rings. The normalized spacial score (nSPS) is 22.9. The van der Waals surface area contributed by atoms with Gasteiger partial charge in [-0.15, -0.1) is 13.2 Å². The fourth-order valence-corrected chi connectivity index (χ4v) is 4.09. The van der Waals surface area contributed by atoms with E-state index in [1.807, 2.05) is 4.72 Å². The molecule has 1 saturated heterocycles. The Kier molecular flexibility index (Phi) is 6.79. The molecule has 1 aliphatic heterocycles. The van der Waals surface area contributed by atoms with Crippen molar-refractivity contribution in [1.82, 2.24) is 14.9 Å². The van der Waals surface area contributed by atoms with Crippen molar-refractivity contribution in [1.29, 1.82) is 0 Å². The van der Waals surface area contributed by atoms with Crippen molar-refractivity contribution in [3.8, 4) is 0 Å². The molecule has 2 atom stereocenters. The van der Waals surface area contributed by atoms with Gasteiger partial charge in [0.2, 0.25) is 5.91 Å². The van der Waals surface area contributed by atoms with E-state index in [-0.39, 0.29) is 6.73 Å². The van der Waals surface area contributed by atoms with Gasteiger partial charge in [-0.2, -0.15) is 8.42 Å². The molecule has 1 heterocycles. The first kappa shape index (κ1) is 21.5. The molecular formula is C17H27N3O6S. The lowest BCUT2D eigenvalue weighted by Gasteiger charge is -2.27. The third-order valence-corrected chi connectivity index (χ3v) is 5.92. The second-order valence-corrected chi connectivity index (χ2v) is 8.38. The largest absolute Gasteiger partial charge is 0.381 e. The van der Waals surface area contributed by atoms with Gasteiger partial charge in [0.1, 0.15) is 6.04 Å². The average molecular weight is 401 g/mol. The zero-order valence-corrected chi connectivity index (χ0v) is 16.2. The van der Waals surface area contributed by atoms with Crippen molar-refractivity contribution in [3.63, 3.8) is 0 Å². The highest BCUT2D eigenvalue weighted by Crippen LogP contribution is 2.39. The molecule has 0 aromatic carbocycles. The highest BCUT2D eigenvalue weighted by atomic mass is 32.2. The SMILES string of the molecule is C=CC(C=C)C(NC(=O)C1CCCN1CO)C(=O)NS(=O)(=O)OC1(C)CC1. The minimum atomic E-state index is -4.31. The minimum absolute atomic E-state index is 0.276. The molecule has 1 aliphatic carbocycles. The highest BCUT2D eigenvalue weighted by Gasteiger charge is 2.44. The van der Waals surface area contributed by atoms with Gasteiger partial charge in [-0.05, 0) is 32.6 Å². The minimum Gasteiger partial charge on any atom is -0.381 e. The Labute approximate surface area is 159 Å². The van der Waals surface area contributed by atoms with Gasteiger partial charge in [0.05, 0.1) is 18.4 Å². The van der Waals surface area contributed by atoms with E-state index in [0.29, 0.717) is 25.8 Å². The van der Waals surface area contributed by atoms with Crippen LogP contribution in [0.2, 0.25) is 0 Å². The van der Waals surface area contributed by atoms with Gasteiger partial charge < -0.3 is 10.4 Å². The first-order chi connectivity index (χ1) is 12.6. The molecule has 2 rings (SSSR count). The summed E-state index contributed by atoms with van der Waals surface area (Å²) >= 11 is 0. The van der Waals surface area contributed by atoms with Crippen molar-refractivity contribution < 1.29 is 27.3 Å². The van der Waals surface area contributed by atoms with Crippen LogP contribution in [0.1, 0.15) is 32.6 Å². The summed E-state index contributed by atoms with van der Waals surface area (Å²) in [4.78, 5) is 26.7. The summed E-state index contributed by atoms with van der Waals surface area (Å²) in [6, 6.07) is -1.81. The first-order valence-electron chi connectivity index (χ1n) is 8.82. The summed E-state index contributed by atoms with van der Waals surface area (Å²) in [7, 11) is -4.31. The molecule has 2 aliphatic rings. The Morgan fingerprint density at radius 2 is 2.00 bits per heavy atom. The molecule has 152 valence electrons. The molecule has 0 radical (unpaired) electrons. The molecule has 10 heteroatoms. The quantitative estimate of drug-likeness (QED) is 0.433. The lowest BCUT2D eigenvalue weighted by molar-refractivity contribution is -0.132.